The summed E-state index contributed by atoms with van der Waals surface area (Å²) >= 11 is 0. The minimum atomic E-state index is -4.76. The van der Waals surface area contributed by atoms with E-state index in [4.69, 9.17) is 0 Å². The summed E-state index contributed by atoms with van der Waals surface area (Å²) in [5.74, 6) is -4.97. The SMILES string of the molecule is O=C(Nc1cccc(C(=O)Nc2cc(S(=O)(=O)O)c3ccccc3c2O)c1)C(=O)Nc1cccc(C(=O)Nc2cc(S(=O)(=O)O)c3ccccc3c2O)c1. The summed E-state index contributed by atoms with van der Waals surface area (Å²) in [5, 5.41) is 31.0. The van der Waals surface area contributed by atoms with Crippen LogP contribution in [0.15, 0.2) is 119 Å². The Morgan fingerprint density at radius 3 is 1.15 bits per heavy atom. The number of carbonyl (C=O) groups is 4. The lowest BCUT2D eigenvalue weighted by atomic mass is 10.1. The third-order valence-electron chi connectivity index (χ3n) is 7.98. The van der Waals surface area contributed by atoms with Gasteiger partial charge in [-0.25, -0.2) is 0 Å². The average Bonchev–Trinajstić information content (AvgIpc) is 3.13. The van der Waals surface area contributed by atoms with E-state index < -0.39 is 65.2 Å². The van der Waals surface area contributed by atoms with Gasteiger partial charge in [0.05, 0.1) is 11.4 Å². The highest BCUT2D eigenvalue weighted by molar-refractivity contribution is 7.86. The highest BCUT2D eigenvalue weighted by Gasteiger charge is 2.23. The summed E-state index contributed by atoms with van der Waals surface area (Å²) in [7, 11) is -9.51. The van der Waals surface area contributed by atoms with E-state index in [2.05, 4.69) is 21.3 Å². The molecule has 0 atom stereocenters. The third kappa shape index (κ3) is 7.66. The minimum absolute atomic E-state index is 0.00302. The summed E-state index contributed by atoms with van der Waals surface area (Å²) < 4.78 is 67.5. The van der Waals surface area contributed by atoms with Crippen molar-refractivity contribution in [2.24, 2.45) is 0 Å². The molecular weight excluding hydrogens is 745 g/mol. The van der Waals surface area contributed by atoms with E-state index in [0.717, 1.165) is 12.1 Å². The molecule has 0 aliphatic heterocycles. The Kier molecular flexibility index (Phi) is 9.76. The van der Waals surface area contributed by atoms with Gasteiger partial charge in [-0.05, 0) is 48.5 Å². The van der Waals surface area contributed by atoms with E-state index in [9.17, 15) is 55.3 Å². The fraction of sp³-hybridized carbons (Fsp3) is 0. The average molecular weight is 771 g/mol. The quantitative estimate of drug-likeness (QED) is 0.0579. The van der Waals surface area contributed by atoms with Crippen LogP contribution in [0.3, 0.4) is 0 Å². The van der Waals surface area contributed by atoms with Crippen LogP contribution < -0.4 is 21.3 Å². The largest absolute Gasteiger partial charge is 0.505 e. The number of hydrogen-bond acceptors (Lipinski definition) is 10. The topological polar surface area (TPSA) is 266 Å². The lowest BCUT2D eigenvalue weighted by molar-refractivity contribution is -0.132. The maximum absolute atomic E-state index is 13.1. The zero-order chi connectivity index (χ0) is 38.9. The second-order valence-electron chi connectivity index (χ2n) is 11.6. The van der Waals surface area contributed by atoms with E-state index in [1.54, 1.807) is 0 Å². The molecule has 6 aromatic rings. The number of fused-ring (bicyclic) bond motifs is 2. The maximum atomic E-state index is 13.1. The molecule has 0 heterocycles. The Morgan fingerprint density at radius 1 is 0.444 bits per heavy atom. The third-order valence-corrected chi connectivity index (χ3v) is 9.77. The van der Waals surface area contributed by atoms with Crippen molar-refractivity contribution in [2.45, 2.75) is 9.79 Å². The second kappa shape index (κ2) is 14.3. The molecule has 0 saturated carbocycles. The van der Waals surface area contributed by atoms with Crippen molar-refractivity contribution in [2.75, 3.05) is 21.3 Å². The fourth-order valence-electron chi connectivity index (χ4n) is 5.51. The van der Waals surface area contributed by atoms with Gasteiger partial charge in [-0.3, -0.25) is 28.3 Å². The van der Waals surface area contributed by atoms with Crippen LogP contribution >= 0.6 is 0 Å². The fourth-order valence-corrected chi connectivity index (χ4v) is 6.96. The lowest BCUT2D eigenvalue weighted by Crippen LogP contribution is -2.29. The zero-order valence-electron chi connectivity index (χ0n) is 27.3. The molecule has 0 aliphatic rings. The van der Waals surface area contributed by atoms with Crippen molar-refractivity contribution >= 4 is 88.2 Å². The molecule has 54 heavy (non-hydrogen) atoms. The Morgan fingerprint density at radius 2 is 0.796 bits per heavy atom. The Bertz CT molecular complexity index is 2600. The number of phenolic OH excluding ortho intramolecular Hbond substituents is 2. The molecule has 0 aromatic heterocycles. The molecule has 8 N–H and O–H groups in total. The van der Waals surface area contributed by atoms with Gasteiger partial charge in [0.15, 0.2) is 0 Å². The van der Waals surface area contributed by atoms with E-state index >= 15 is 0 Å². The van der Waals surface area contributed by atoms with Gasteiger partial charge in [0.2, 0.25) is 0 Å². The number of nitrogens with one attached hydrogen (secondary N) is 4. The molecule has 0 saturated heterocycles. The second-order valence-corrected chi connectivity index (χ2v) is 14.3. The van der Waals surface area contributed by atoms with Crippen LogP contribution in [0.1, 0.15) is 20.7 Å². The number of amides is 4. The normalized spacial score (nSPS) is 11.5. The molecule has 0 bridgehead atoms. The number of anilines is 4. The van der Waals surface area contributed by atoms with Crippen molar-refractivity contribution in [3.63, 3.8) is 0 Å². The number of carbonyl (C=O) groups excluding carboxylic acids is 4. The summed E-state index contributed by atoms with van der Waals surface area (Å²) in [5.41, 5.74) is -0.808. The van der Waals surface area contributed by atoms with Crippen LogP contribution in [-0.2, 0) is 29.8 Å². The van der Waals surface area contributed by atoms with E-state index in [0.29, 0.717) is 0 Å². The summed E-state index contributed by atoms with van der Waals surface area (Å²) in [6.45, 7) is 0. The highest BCUT2D eigenvalue weighted by atomic mass is 32.2. The summed E-state index contributed by atoms with van der Waals surface area (Å²) in [6, 6.07) is 23.9. The predicted octanol–water partition coefficient (Wildman–Crippen LogP) is 4.98. The first kappa shape index (κ1) is 36.9. The number of phenols is 2. The molecule has 0 unspecified atom stereocenters. The summed E-state index contributed by atoms with van der Waals surface area (Å²) in [4.78, 5) is 50.7. The summed E-state index contributed by atoms with van der Waals surface area (Å²) in [6.07, 6.45) is 0. The van der Waals surface area contributed by atoms with Crippen LogP contribution in [0.2, 0.25) is 0 Å². The molecule has 274 valence electrons. The standard InChI is InChI=1S/C36H26N4O12S2/c41-31-25-13-3-1-11-23(25)29(53(47,48)49)17-27(31)39-33(43)19-7-5-9-21(15-19)37-35(45)36(46)38-22-10-6-8-20(16-22)34(44)40-28-18-30(54(50,51)52)24-12-2-4-14-26(24)32(28)42/h1-18,41-42H,(H,37,45)(H,38,46)(H,39,43)(H,40,44)(H,47,48,49)(H,50,51,52). The molecule has 4 amide bonds. The first-order valence-corrected chi connectivity index (χ1v) is 18.3. The molecule has 0 radical (unpaired) electrons. The maximum Gasteiger partial charge on any atom is 0.314 e. The number of rotatable bonds is 8. The van der Waals surface area contributed by atoms with Crippen molar-refractivity contribution < 1.29 is 55.3 Å². The van der Waals surface area contributed by atoms with E-state index in [1.807, 2.05) is 0 Å². The molecule has 16 nitrogen and oxygen atoms in total. The number of benzene rings is 6. The van der Waals surface area contributed by atoms with Crippen molar-refractivity contribution in [1.82, 2.24) is 0 Å². The predicted molar refractivity (Wildman–Crippen MR) is 197 cm³/mol. The van der Waals surface area contributed by atoms with Crippen LogP contribution in [0.25, 0.3) is 21.5 Å². The molecule has 6 aromatic carbocycles. The number of hydrogen-bond donors (Lipinski definition) is 8. The van der Waals surface area contributed by atoms with Crippen molar-refractivity contribution in [3.8, 4) is 11.5 Å². The first-order chi connectivity index (χ1) is 25.5. The van der Waals surface area contributed by atoms with Crippen LogP contribution in [-0.4, -0.2) is 59.8 Å². The van der Waals surface area contributed by atoms with Gasteiger partial charge >= 0.3 is 11.8 Å². The Balaban J connectivity index is 1.14. The molecule has 18 heteroatoms. The van der Waals surface area contributed by atoms with E-state index in [-0.39, 0.29) is 55.4 Å². The molecular formula is C36H26N4O12S2. The van der Waals surface area contributed by atoms with Crippen LogP contribution in [0, 0.1) is 0 Å². The smallest absolute Gasteiger partial charge is 0.314 e. The van der Waals surface area contributed by atoms with Gasteiger partial charge in [-0.2, -0.15) is 16.8 Å². The van der Waals surface area contributed by atoms with E-state index in [1.165, 1.54) is 97.1 Å². The molecule has 0 aliphatic carbocycles. The van der Waals surface area contributed by atoms with Crippen LogP contribution in [0.5, 0.6) is 11.5 Å². The van der Waals surface area contributed by atoms with Crippen LogP contribution in [0.4, 0.5) is 22.7 Å². The Labute approximate surface area is 305 Å². The molecule has 0 fully saturated rings. The lowest BCUT2D eigenvalue weighted by Gasteiger charge is -2.13. The molecule has 0 spiro atoms. The van der Waals surface area contributed by atoms with Gasteiger partial charge in [-0.1, -0.05) is 60.7 Å². The first-order valence-electron chi connectivity index (χ1n) is 15.4. The highest BCUT2D eigenvalue weighted by Crippen LogP contribution is 2.39. The van der Waals surface area contributed by atoms with Gasteiger partial charge in [0, 0.05) is 44.0 Å². The minimum Gasteiger partial charge on any atom is -0.505 e. The van der Waals surface area contributed by atoms with Crippen molar-refractivity contribution in [3.05, 3.63) is 120 Å². The Hall–Kier alpha value is -6.86. The number of aromatic hydroxyl groups is 2. The zero-order valence-corrected chi connectivity index (χ0v) is 28.9. The molecule has 6 rings (SSSR count). The van der Waals surface area contributed by atoms with Gasteiger partial charge < -0.3 is 31.5 Å². The van der Waals surface area contributed by atoms with Gasteiger partial charge in [0.1, 0.15) is 21.3 Å². The van der Waals surface area contributed by atoms with Crippen molar-refractivity contribution in [1.29, 1.82) is 0 Å². The van der Waals surface area contributed by atoms with Gasteiger partial charge in [0.25, 0.3) is 32.1 Å². The van der Waals surface area contributed by atoms with Gasteiger partial charge in [-0.15, -0.1) is 0 Å². The monoisotopic (exact) mass is 770 g/mol.